The number of halogens is 2. The number of rotatable bonds is 10. The number of carbonyl (C=O) groups excluding carboxylic acids is 1. The Labute approximate surface area is 182 Å². The molecule has 0 saturated carbocycles. The van der Waals surface area contributed by atoms with Crippen LogP contribution in [-0.4, -0.2) is 57.4 Å². The second-order valence-corrected chi connectivity index (χ2v) is 6.24. The predicted octanol–water partition coefficient (Wildman–Crippen LogP) is 2.52. The van der Waals surface area contributed by atoms with Crippen molar-refractivity contribution in [2.75, 3.05) is 44.8 Å². The molecule has 1 aliphatic heterocycles. The first-order chi connectivity index (χ1) is 13.2. The highest BCUT2D eigenvalue weighted by Gasteiger charge is 2.14. The van der Waals surface area contributed by atoms with Crippen LogP contribution in [-0.2, 0) is 14.3 Å². The minimum Gasteiger partial charge on any atom is -0.379 e. The van der Waals surface area contributed by atoms with Crippen molar-refractivity contribution in [2.45, 2.75) is 32.3 Å². The van der Waals surface area contributed by atoms with E-state index in [1.54, 1.807) is 0 Å². The molecule has 1 aliphatic rings. The number of aliphatic imine (C=N–C) groups is 1. The lowest BCUT2D eigenvalue weighted by atomic mass is 10.2. The zero-order valence-electron chi connectivity index (χ0n) is 16.2. The summed E-state index contributed by atoms with van der Waals surface area (Å²) in [4.78, 5) is 16.2. The van der Waals surface area contributed by atoms with E-state index in [4.69, 9.17) is 9.47 Å². The molecule has 28 heavy (non-hydrogen) atoms. The van der Waals surface area contributed by atoms with E-state index in [9.17, 15) is 9.18 Å². The number of hydrogen-bond donors (Lipinski definition) is 3. The normalized spacial score (nSPS) is 16.4. The van der Waals surface area contributed by atoms with E-state index in [1.165, 1.54) is 24.3 Å². The van der Waals surface area contributed by atoms with Crippen molar-refractivity contribution in [3.05, 3.63) is 30.1 Å². The molecule has 1 atom stereocenters. The molecule has 0 radical (unpaired) electrons. The fraction of sp³-hybridized carbons (Fsp3) is 0.579. The quantitative estimate of drug-likeness (QED) is 0.196. The fourth-order valence-electron chi connectivity index (χ4n) is 2.60. The van der Waals surface area contributed by atoms with Crippen LogP contribution in [0.4, 0.5) is 10.1 Å². The number of anilines is 1. The van der Waals surface area contributed by atoms with E-state index in [0.29, 0.717) is 38.0 Å². The molecule has 1 aromatic rings. The SMILES string of the molecule is CCNC(=NCC(=O)Nc1ccc(F)cc1)NCCCOCC1CCCO1.I. The van der Waals surface area contributed by atoms with Gasteiger partial charge in [0.05, 0.1) is 12.7 Å². The van der Waals surface area contributed by atoms with E-state index in [1.807, 2.05) is 6.92 Å². The zero-order valence-corrected chi connectivity index (χ0v) is 18.5. The van der Waals surface area contributed by atoms with Crippen molar-refractivity contribution in [2.24, 2.45) is 4.99 Å². The molecule has 1 aromatic carbocycles. The van der Waals surface area contributed by atoms with Crippen molar-refractivity contribution >= 4 is 41.5 Å². The summed E-state index contributed by atoms with van der Waals surface area (Å²) in [5.41, 5.74) is 0.540. The summed E-state index contributed by atoms with van der Waals surface area (Å²) in [7, 11) is 0. The number of hydrogen-bond acceptors (Lipinski definition) is 4. The Bertz CT molecular complexity index is 595. The van der Waals surface area contributed by atoms with Crippen LogP contribution < -0.4 is 16.0 Å². The molecular formula is C19H30FIN4O3. The molecule has 3 N–H and O–H groups in total. The van der Waals surface area contributed by atoms with Gasteiger partial charge in [-0.3, -0.25) is 4.79 Å². The number of guanidine groups is 1. The topological polar surface area (TPSA) is 84.0 Å². The monoisotopic (exact) mass is 508 g/mol. The number of carbonyl (C=O) groups is 1. The van der Waals surface area contributed by atoms with Gasteiger partial charge in [-0.25, -0.2) is 9.38 Å². The van der Waals surface area contributed by atoms with Gasteiger partial charge in [0.2, 0.25) is 5.91 Å². The van der Waals surface area contributed by atoms with Crippen LogP contribution in [0.25, 0.3) is 0 Å². The van der Waals surface area contributed by atoms with Crippen molar-refractivity contribution in [3.63, 3.8) is 0 Å². The van der Waals surface area contributed by atoms with Crippen molar-refractivity contribution in [1.82, 2.24) is 10.6 Å². The van der Waals surface area contributed by atoms with Gasteiger partial charge in [-0.15, -0.1) is 24.0 Å². The third-order valence-corrected chi connectivity index (χ3v) is 3.94. The number of ether oxygens (including phenoxy) is 2. The molecule has 0 spiro atoms. The summed E-state index contributed by atoms with van der Waals surface area (Å²) in [6, 6.07) is 5.62. The summed E-state index contributed by atoms with van der Waals surface area (Å²) in [5.74, 6) is -0.0333. The Balaban J connectivity index is 0.00000392. The summed E-state index contributed by atoms with van der Waals surface area (Å²) in [6.07, 6.45) is 3.28. The Morgan fingerprint density at radius 1 is 1.32 bits per heavy atom. The molecule has 1 fully saturated rings. The summed E-state index contributed by atoms with van der Waals surface area (Å²) >= 11 is 0. The van der Waals surface area contributed by atoms with Crippen LogP contribution in [0, 0.1) is 5.82 Å². The van der Waals surface area contributed by atoms with E-state index >= 15 is 0 Å². The van der Waals surface area contributed by atoms with Gasteiger partial charge in [0.1, 0.15) is 12.4 Å². The van der Waals surface area contributed by atoms with E-state index < -0.39 is 0 Å². The van der Waals surface area contributed by atoms with Gasteiger partial charge >= 0.3 is 0 Å². The first kappa shape index (κ1) is 24.6. The Kier molecular flexibility index (Phi) is 12.8. The Morgan fingerprint density at radius 3 is 2.79 bits per heavy atom. The first-order valence-corrected chi connectivity index (χ1v) is 9.44. The van der Waals surface area contributed by atoms with Gasteiger partial charge in [0.15, 0.2) is 5.96 Å². The standard InChI is InChI=1S/C19H29FN4O3.HI/c1-2-21-19(22-10-4-11-26-14-17-5-3-12-27-17)23-13-18(25)24-16-8-6-15(20)7-9-16;/h6-9,17H,2-5,10-14H2,1H3,(H,24,25)(H2,21,22,23);1H. The maximum absolute atomic E-state index is 12.9. The zero-order chi connectivity index (χ0) is 19.3. The molecule has 0 aliphatic carbocycles. The second-order valence-electron chi connectivity index (χ2n) is 6.24. The van der Waals surface area contributed by atoms with Crippen molar-refractivity contribution in [3.8, 4) is 0 Å². The maximum atomic E-state index is 12.9. The lowest BCUT2D eigenvalue weighted by Gasteiger charge is -2.12. The smallest absolute Gasteiger partial charge is 0.246 e. The summed E-state index contributed by atoms with van der Waals surface area (Å²) in [5, 5.41) is 8.94. The van der Waals surface area contributed by atoms with Gasteiger partial charge in [-0.2, -0.15) is 0 Å². The maximum Gasteiger partial charge on any atom is 0.246 e. The molecule has 158 valence electrons. The van der Waals surface area contributed by atoms with E-state index in [2.05, 4.69) is 20.9 Å². The van der Waals surface area contributed by atoms with Gasteiger partial charge in [-0.1, -0.05) is 0 Å². The number of amides is 1. The average Bonchev–Trinajstić information content (AvgIpc) is 3.18. The second kappa shape index (κ2) is 14.5. The molecular weight excluding hydrogens is 478 g/mol. The summed E-state index contributed by atoms with van der Waals surface area (Å²) < 4.78 is 24.0. The van der Waals surface area contributed by atoms with Gasteiger partial charge in [0, 0.05) is 32.0 Å². The van der Waals surface area contributed by atoms with Crippen LogP contribution in [0.15, 0.2) is 29.3 Å². The lowest BCUT2D eigenvalue weighted by molar-refractivity contribution is -0.114. The first-order valence-electron chi connectivity index (χ1n) is 9.44. The molecule has 0 aromatic heterocycles. The van der Waals surface area contributed by atoms with Crippen LogP contribution in [0.5, 0.6) is 0 Å². The molecule has 0 bridgehead atoms. The molecule has 7 nitrogen and oxygen atoms in total. The van der Waals surface area contributed by atoms with Crippen LogP contribution in [0.2, 0.25) is 0 Å². The number of nitrogens with zero attached hydrogens (tertiary/aromatic N) is 1. The van der Waals surface area contributed by atoms with Crippen molar-refractivity contribution in [1.29, 1.82) is 0 Å². The highest BCUT2D eigenvalue weighted by Crippen LogP contribution is 2.11. The van der Waals surface area contributed by atoms with Gasteiger partial charge in [-0.05, 0) is 50.5 Å². The lowest BCUT2D eigenvalue weighted by Crippen LogP contribution is -2.38. The molecule has 1 amide bonds. The fourth-order valence-corrected chi connectivity index (χ4v) is 2.60. The Hall–Kier alpha value is -1.46. The minimum absolute atomic E-state index is 0. The minimum atomic E-state index is -0.343. The third kappa shape index (κ3) is 10.2. The Morgan fingerprint density at radius 2 is 2.11 bits per heavy atom. The third-order valence-electron chi connectivity index (χ3n) is 3.94. The molecule has 9 heteroatoms. The van der Waals surface area contributed by atoms with E-state index in [-0.39, 0.29) is 48.3 Å². The average molecular weight is 508 g/mol. The highest BCUT2D eigenvalue weighted by molar-refractivity contribution is 14.0. The number of nitrogens with one attached hydrogen (secondary N) is 3. The van der Waals surface area contributed by atoms with Crippen LogP contribution in [0.1, 0.15) is 26.2 Å². The molecule has 2 rings (SSSR count). The van der Waals surface area contributed by atoms with E-state index in [0.717, 1.165) is 25.9 Å². The molecule has 1 saturated heterocycles. The molecule has 1 heterocycles. The van der Waals surface area contributed by atoms with Crippen LogP contribution >= 0.6 is 24.0 Å². The van der Waals surface area contributed by atoms with Crippen LogP contribution in [0.3, 0.4) is 0 Å². The molecule has 1 unspecified atom stereocenters. The van der Waals surface area contributed by atoms with Gasteiger partial charge < -0.3 is 25.4 Å². The largest absolute Gasteiger partial charge is 0.379 e. The van der Waals surface area contributed by atoms with Crippen molar-refractivity contribution < 1.29 is 18.7 Å². The number of benzene rings is 1. The predicted molar refractivity (Wildman–Crippen MR) is 119 cm³/mol. The summed E-state index contributed by atoms with van der Waals surface area (Å²) in [6.45, 7) is 5.46. The van der Waals surface area contributed by atoms with Gasteiger partial charge in [0.25, 0.3) is 0 Å². The highest BCUT2D eigenvalue weighted by atomic mass is 127.